The van der Waals surface area contributed by atoms with E-state index in [2.05, 4.69) is 21.9 Å². The summed E-state index contributed by atoms with van der Waals surface area (Å²) in [5, 5.41) is 2.25. The van der Waals surface area contributed by atoms with E-state index in [0.717, 1.165) is 61.3 Å². The van der Waals surface area contributed by atoms with Crippen molar-refractivity contribution < 1.29 is 0 Å². The average molecular weight is 420 g/mol. The Bertz CT molecular complexity index is 668. The number of benzene rings is 2. The van der Waals surface area contributed by atoms with Gasteiger partial charge < -0.3 is 4.90 Å². The van der Waals surface area contributed by atoms with Crippen molar-refractivity contribution in [2.24, 2.45) is 0 Å². The lowest BCUT2D eigenvalue weighted by atomic mass is 10.1. The molecule has 0 unspecified atom stereocenters. The summed E-state index contributed by atoms with van der Waals surface area (Å²) in [6, 6.07) is 13.9. The molecule has 0 aromatic heterocycles. The van der Waals surface area contributed by atoms with Crippen LogP contribution in [0.15, 0.2) is 42.5 Å². The van der Waals surface area contributed by atoms with Gasteiger partial charge in [-0.2, -0.15) is 0 Å². The predicted octanol–water partition coefficient (Wildman–Crippen LogP) is 5.43. The smallest absolute Gasteiger partial charge is 0.0465 e. The summed E-state index contributed by atoms with van der Waals surface area (Å²) < 4.78 is 0. The van der Waals surface area contributed by atoms with Gasteiger partial charge in [0.1, 0.15) is 0 Å². The monoisotopic (exact) mass is 418 g/mol. The van der Waals surface area contributed by atoms with Gasteiger partial charge in [-0.05, 0) is 41.8 Å². The molecular weight excluding hydrogens is 398 g/mol. The minimum Gasteiger partial charge on any atom is -0.300 e. The molecule has 0 radical (unpaired) electrons. The first-order valence-electron chi connectivity index (χ1n) is 8.23. The molecule has 0 aliphatic carbocycles. The molecule has 1 aliphatic rings. The third-order valence-electron chi connectivity index (χ3n) is 4.50. The van der Waals surface area contributed by atoms with Gasteiger partial charge in [-0.25, -0.2) is 0 Å². The Hall–Kier alpha value is -0.480. The second-order valence-electron chi connectivity index (χ2n) is 6.23. The highest BCUT2D eigenvalue weighted by molar-refractivity contribution is 6.35. The van der Waals surface area contributed by atoms with Gasteiger partial charge in [-0.15, -0.1) is 12.4 Å². The zero-order chi connectivity index (χ0) is 16.9. The second kappa shape index (κ2) is 10.0. The van der Waals surface area contributed by atoms with Crippen LogP contribution in [0.2, 0.25) is 15.1 Å². The van der Waals surface area contributed by atoms with Gasteiger partial charge in [-0.3, -0.25) is 4.90 Å². The fraction of sp³-hybridized carbons (Fsp3) is 0.368. The number of nitrogens with zero attached hydrogens (tertiary/aromatic N) is 2. The molecule has 0 spiro atoms. The largest absolute Gasteiger partial charge is 0.300 e. The first-order chi connectivity index (χ1) is 11.6. The number of hydrogen-bond donors (Lipinski definition) is 0. The molecule has 1 aliphatic heterocycles. The first kappa shape index (κ1) is 20.8. The minimum atomic E-state index is 0. The van der Waals surface area contributed by atoms with E-state index in [1.54, 1.807) is 0 Å². The van der Waals surface area contributed by atoms with Gasteiger partial charge in [0.25, 0.3) is 0 Å². The van der Waals surface area contributed by atoms with Gasteiger partial charge in [0.15, 0.2) is 0 Å². The Kier molecular flexibility index (Phi) is 8.34. The van der Waals surface area contributed by atoms with Crippen LogP contribution in [0.4, 0.5) is 0 Å². The van der Waals surface area contributed by atoms with E-state index >= 15 is 0 Å². The molecule has 1 heterocycles. The van der Waals surface area contributed by atoms with Crippen LogP contribution in [0, 0.1) is 0 Å². The predicted molar refractivity (Wildman–Crippen MR) is 111 cm³/mol. The van der Waals surface area contributed by atoms with E-state index in [-0.39, 0.29) is 12.4 Å². The molecule has 25 heavy (non-hydrogen) atoms. The molecule has 136 valence electrons. The van der Waals surface area contributed by atoms with Gasteiger partial charge in [-0.1, -0.05) is 53.0 Å². The Morgan fingerprint density at radius 2 is 1.36 bits per heavy atom. The van der Waals surface area contributed by atoms with E-state index in [1.165, 1.54) is 5.56 Å². The molecule has 0 bridgehead atoms. The third-order valence-corrected chi connectivity index (χ3v) is 5.34. The van der Waals surface area contributed by atoms with Crippen molar-refractivity contribution in [1.29, 1.82) is 0 Å². The maximum atomic E-state index is 6.28. The van der Waals surface area contributed by atoms with Crippen molar-refractivity contribution >= 4 is 47.2 Å². The summed E-state index contributed by atoms with van der Waals surface area (Å²) in [6.45, 7) is 6.31. The summed E-state index contributed by atoms with van der Waals surface area (Å²) in [7, 11) is 0. The lowest BCUT2D eigenvalue weighted by Crippen LogP contribution is -2.46. The van der Waals surface area contributed by atoms with E-state index in [0.29, 0.717) is 5.02 Å². The Labute approximate surface area is 171 Å². The highest BCUT2D eigenvalue weighted by atomic mass is 35.5. The zero-order valence-corrected chi connectivity index (χ0v) is 17.0. The van der Waals surface area contributed by atoms with Crippen molar-refractivity contribution in [2.45, 2.75) is 13.0 Å². The van der Waals surface area contributed by atoms with Crippen LogP contribution >= 0.6 is 47.2 Å². The van der Waals surface area contributed by atoms with Crippen LogP contribution < -0.4 is 0 Å². The normalized spacial score (nSPS) is 15.8. The Morgan fingerprint density at radius 3 is 2.00 bits per heavy atom. The molecule has 0 N–H and O–H groups in total. The third kappa shape index (κ3) is 6.32. The molecule has 2 aromatic rings. The quantitative estimate of drug-likeness (QED) is 0.637. The molecule has 0 saturated carbocycles. The van der Waals surface area contributed by atoms with E-state index < -0.39 is 0 Å². The Morgan fingerprint density at radius 1 is 0.760 bits per heavy atom. The molecule has 3 rings (SSSR count). The van der Waals surface area contributed by atoms with Crippen LogP contribution in [-0.4, -0.2) is 42.5 Å². The highest BCUT2D eigenvalue weighted by Gasteiger charge is 2.17. The standard InChI is InChI=1S/C19H21Cl3N2.ClH/c20-17-4-1-15(2-5-17)7-8-23-9-11-24(12-10-23)14-16-3-6-18(21)13-19(16)22;/h1-6,13H,7-12,14H2;1H. The summed E-state index contributed by atoms with van der Waals surface area (Å²) in [6.07, 6.45) is 1.07. The maximum Gasteiger partial charge on any atom is 0.0465 e. The number of halogens is 4. The van der Waals surface area contributed by atoms with Crippen LogP contribution in [0.25, 0.3) is 0 Å². The molecule has 0 amide bonds. The lowest BCUT2D eigenvalue weighted by molar-refractivity contribution is 0.128. The van der Waals surface area contributed by atoms with Crippen molar-refractivity contribution in [2.75, 3.05) is 32.7 Å². The summed E-state index contributed by atoms with van der Waals surface area (Å²) in [5.74, 6) is 0. The molecule has 6 heteroatoms. The summed E-state index contributed by atoms with van der Waals surface area (Å²) in [4.78, 5) is 4.97. The SMILES string of the molecule is Cl.Clc1ccc(CCN2CCN(Cc3ccc(Cl)cc3Cl)CC2)cc1. The summed E-state index contributed by atoms with van der Waals surface area (Å²) in [5.41, 5.74) is 2.49. The van der Waals surface area contributed by atoms with Gasteiger partial charge >= 0.3 is 0 Å². The molecule has 1 fully saturated rings. The number of hydrogen-bond acceptors (Lipinski definition) is 2. The fourth-order valence-electron chi connectivity index (χ4n) is 3.00. The van der Waals surface area contributed by atoms with Crippen molar-refractivity contribution in [3.8, 4) is 0 Å². The molecule has 2 aromatic carbocycles. The van der Waals surface area contributed by atoms with E-state index in [9.17, 15) is 0 Å². The maximum absolute atomic E-state index is 6.28. The number of piperazine rings is 1. The molecule has 0 atom stereocenters. The minimum absolute atomic E-state index is 0. The second-order valence-corrected chi connectivity index (χ2v) is 7.51. The van der Waals surface area contributed by atoms with Crippen molar-refractivity contribution in [3.63, 3.8) is 0 Å². The highest BCUT2D eigenvalue weighted by Crippen LogP contribution is 2.22. The van der Waals surface area contributed by atoms with E-state index in [1.807, 2.05) is 30.3 Å². The van der Waals surface area contributed by atoms with Crippen LogP contribution in [0.3, 0.4) is 0 Å². The van der Waals surface area contributed by atoms with Crippen LogP contribution in [-0.2, 0) is 13.0 Å². The average Bonchev–Trinajstić information content (AvgIpc) is 2.58. The molecule has 1 saturated heterocycles. The fourth-order valence-corrected chi connectivity index (χ4v) is 3.59. The van der Waals surface area contributed by atoms with Crippen molar-refractivity contribution in [1.82, 2.24) is 9.80 Å². The Balaban J connectivity index is 0.00000225. The first-order valence-corrected chi connectivity index (χ1v) is 9.36. The lowest BCUT2D eigenvalue weighted by Gasteiger charge is -2.34. The van der Waals surface area contributed by atoms with Gasteiger partial charge in [0, 0.05) is 54.3 Å². The molecular formula is C19H22Cl4N2. The topological polar surface area (TPSA) is 6.48 Å². The van der Waals surface area contributed by atoms with E-state index in [4.69, 9.17) is 34.8 Å². The zero-order valence-electron chi connectivity index (χ0n) is 13.9. The van der Waals surface area contributed by atoms with Crippen LogP contribution in [0.1, 0.15) is 11.1 Å². The molecule has 2 nitrogen and oxygen atoms in total. The van der Waals surface area contributed by atoms with Crippen molar-refractivity contribution in [3.05, 3.63) is 68.7 Å². The summed E-state index contributed by atoms with van der Waals surface area (Å²) >= 11 is 18.2. The van der Waals surface area contributed by atoms with Gasteiger partial charge in [0.05, 0.1) is 0 Å². The van der Waals surface area contributed by atoms with Gasteiger partial charge in [0.2, 0.25) is 0 Å². The van der Waals surface area contributed by atoms with Crippen LogP contribution in [0.5, 0.6) is 0 Å². The number of rotatable bonds is 5.